The van der Waals surface area contributed by atoms with Crippen LogP contribution in [-0.2, 0) is 0 Å². The predicted octanol–water partition coefficient (Wildman–Crippen LogP) is 8.77. The lowest BCUT2D eigenvalue weighted by Crippen LogP contribution is -2.03. The number of nitro groups is 1. The van der Waals surface area contributed by atoms with Crippen LogP contribution >= 0.6 is 34.9 Å². The number of nitro benzene ring substituents is 1. The number of thioether (sulfide) groups is 1. The maximum atomic E-state index is 14.2. The van der Waals surface area contributed by atoms with Crippen LogP contribution in [0.25, 0.3) is 21.0 Å². The van der Waals surface area contributed by atoms with Crippen LogP contribution in [0.1, 0.15) is 15.9 Å². The average molecular weight is 611 g/mol. The number of ketones is 1. The van der Waals surface area contributed by atoms with Gasteiger partial charge < -0.3 is 0 Å². The highest BCUT2D eigenvalue weighted by atomic mass is 32.2. The van der Waals surface area contributed by atoms with Crippen LogP contribution in [-0.4, -0.2) is 32.6 Å². The molecule has 11 heteroatoms. The number of pyridine rings is 1. The molecule has 42 heavy (non-hydrogen) atoms. The number of nitrogens with zero attached hydrogens (tertiary/aromatic N) is 4. The molecule has 0 radical (unpaired) electrons. The lowest BCUT2D eigenvalue weighted by molar-refractivity contribution is -0.387. The van der Waals surface area contributed by atoms with E-state index in [0.29, 0.717) is 37.5 Å². The zero-order valence-electron chi connectivity index (χ0n) is 21.6. The van der Waals surface area contributed by atoms with Gasteiger partial charge in [0.25, 0.3) is 5.69 Å². The van der Waals surface area contributed by atoms with Gasteiger partial charge >= 0.3 is 0 Å². The van der Waals surface area contributed by atoms with Crippen molar-refractivity contribution in [1.82, 2.24) is 9.97 Å². The van der Waals surface area contributed by atoms with Crippen LogP contribution < -0.4 is 0 Å². The Balaban J connectivity index is 1.16. The van der Waals surface area contributed by atoms with Gasteiger partial charge in [0.1, 0.15) is 10.8 Å². The zero-order chi connectivity index (χ0) is 29.1. The molecule has 0 aliphatic heterocycles. The highest BCUT2D eigenvalue weighted by Gasteiger charge is 2.17. The predicted molar refractivity (Wildman–Crippen MR) is 167 cm³/mol. The van der Waals surface area contributed by atoms with E-state index < -0.39 is 4.92 Å². The largest absolute Gasteiger partial charge is 0.293 e. The van der Waals surface area contributed by atoms with Crippen LogP contribution in [0.15, 0.2) is 116 Å². The van der Waals surface area contributed by atoms with Crippen molar-refractivity contribution in [3.05, 3.63) is 124 Å². The number of benzene rings is 4. The lowest BCUT2D eigenvalue weighted by Gasteiger charge is -2.06. The molecule has 0 fully saturated rings. The Kier molecular flexibility index (Phi) is 8.04. The lowest BCUT2D eigenvalue weighted by atomic mass is 10.0. The Labute approximate surface area is 251 Å². The summed E-state index contributed by atoms with van der Waals surface area (Å²) in [6, 6.07) is 25.8. The summed E-state index contributed by atoms with van der Waals surface area (Å²) in [5.41, 5.74) is 2.52. The Morgan fingerprint density at radius 1 is 1.00 bits per heavy atom. The topological polar surface area (TPSA) is 98.3 Å². The van der Waals surface area contributed by atoms with Crippen molar-refractivity contribution >= 4 is 79.2 Å². The van der Waals surface area contributed by atoms with E-state index in [1.807, 2.05) is 24.3 Å². The molecule has 0 aliphatic carbocycles. The van der Waals surface area contributed by atoms with Crippen LogP contribution in [0.4, 0.5) is 15.8 Å². The van der Waals surface area contributed by atoms with E-state index in [9.17, 15) is 19.3 Å². The van der Waals surface area contributed by atoms with Gasteiger partial charge in [0.05, 0.1) is 31.5 Å². The third-order valence-corrected chi connectivity index (χ3v) is 9.42. The fourth-order valence-electron chi connectivity index (χ4n) is 4.26. The molecule has 0 bridgehead atoms. The molecule has 206 valence electrons. The number of aliphatic imine (C=N–C) groups is 1. The number of carbonyl (C=O) groups is 1. The molecule has 0 amide bonds. The van der Waals surface area contributed by atoms with Crippen LogP contribution in [0.2, 0.25) is 0 Å². The summed E-state index contributed by atoms with van der Waals surface area (Å²) in [5, 5.41) is 13.4. The molecule has 6 rings (SSSR count). The summed E-state index contributed by atoms with van der Waals surface area (Å²) in [5.74, 6) is -0.276. The molecule has 7 nitrogen and oxygen atoms in total. The molecule has 2 heterocycles. The number of carbonyl (C=O) groups excluding carboxylic acids is 1. The van der Waals surface area contributed by atoms with Crippen LogP contribution in [0.5, 0.6) is 0 Å². The smallest absolute Gasteiger partial charge is 0.283 e. The summed E-state index contributed by atoms with van der Waals surface area (Å²) in [6.45, 7) is 0. The minimum absolute atomic E-state index is 0.0163. The van der Waals surface area contributed by atoms with Gasteiger partial charge in [-0.25, -0.2) is 14.4 Å². The minimum atomic E-state index is -0.408. The second kappa shape index (κ2) is 12.2. The fourth-order valence-corrected chi connectivity index (χ4v) is 7.10. The Morgan fingerprint density at radius 2 is 1.83 bits per heavy atom. The quantitative estimate of drug-likeness (QED) is 0.0530. The molecular formula is C31H19FN4O3S3. The van der Waals surface area contributed by atoms with Crippen molar-refractivity contribution < 1.29 is 14.1 Å². The Morgan fingerprint density at radius 3 is 2.64 bits per heavy atom. The second-order valence-electron chi connectivity index (χ2n) is 9.00. The molecule has 2 aromatic heterocycles. The van der Waals surface area contributed by atoms with Crippen LogP contribution in [0, 0.1) is 15.9 Å². The number of Topliss-reactive ketones (excluding diaryl/α,β-unsaturated/α-hetero) is 1. The normalized spacial score (nSPS) is 11.5. The molecule has 0 spiro atoms. The molecule has 0 aliphatic rings. The fraction of sp³-hybridized carbons (Fsp3) is 0.0323. The number of halogens is 1. The molecule has 0 saturated heterocycles. The molecule has 0 unspecified atom stereocenters. The first-order valence-corrected chi connectivity index (χ1v) is 15.2. The third-order valence-electron chi connectivity index (χ3n) is 6.25. The summed E-state index contributed by atoms with van der Waals surface area (Å²) in [4.78, 5) is 38.2. The maximum absolute atomic E-state index is 14.2. The van der Waals surface area contributed by atoms with Crippen LogP contribution in [0.3, 0.4) is 0 Å². The van der Waals surface area contributed by atoms with E-state index >= 15 is 0 Å². The van der Waals surface area contributed by atoms with E-state index in [-0.39, 0.29) is 23.0 Å². The van der Waals surface area contributed by atoms with Crippen molar-refractivity contribution in [2.45, 2.75) is 14.3 Å². The highest BCUT2D eigenvalue weighted by molar-refractivity contribution is 8.01. The number of rotatable bonds is 9. The van der Waals surface area contributed by atoms with Gasteiger partial charge in [-0.05, 0) is 59.5 Å². The first kappa shape index (κ1) is 27.7. The van der Waals surface area contributed by atoms with E-state index in [1.54, 1.807) is 60.9 Å². The highest BCUT2D eigenvalue weighted by Crippen LogP contribution is 2.35. The summed E-state index contributed by atoms with van der Waals surface area (Å²) >= 11 is 4.03. The van der Waals surface area contributed by atoms with Crippen molar-refractivity contribution in [3.8, 4) is 0 Å². The maximum Gasteiger partial charge on any atom is 0.283 e. The van der Waals surface area contributed by atoms with Gasteiger partial charge in [0.15, 0.2) is 10.1 Å². The zero-order valence-corrected chi connectivity index (χ0v) is 24.1. The van der Waals surface area contributed by atoms with Gasteiger partial charge in [-0.1, -0.05) is 59.9 Å². The van der Waals surface area contributed by atoms with Gasteiger partial charge in [-0.2, -0.15) is 0 Å². The van der Waals surface area contributed by atoms with Gasteiger partial charge in [0, 0.05) is 29.4 Å². The third kappa shape index (κ3) is 6.08. The molecule has 4 aromatic carbocycles. The monoisotopic (exact) mass is 610 g/mol. The van der Waals surface area contributed by atoms with Crippen molar-refractivity contribution in [3.63, 3.8) is 0 Å². The molecule has 0 saturated carbocycles. The standard InChI is InChI=1S/C31H19FN4O3S3/c32-24-11-10-23(21-5-1-2-6-22(21)24)27(37)18-40-31-35-25-12-9-20(16-29(25)42-31)34-17-19-8-13-28(26(15-19)36(38)39)41-30-7-3-4-14-33-30/h1-17H,18H2. The molecule has 0 N–H and O–H groups in total. The van der Waals surface area contributed by atoms with E-state index in [4.69, 9.17) is 0 Å². The van der Waals surface area contributed by atoms with E-state index in [2.05, 4.69) is 15.0 Å². The number of thiazole rings is 1. The van der Waals surface area contributed by atoms with Gasteiger partial charge in [-0.3, -0.25) is 19.9 Å². The summed E-state index contributed by atoms with van der Waals surface area (Å²) in [6.07, 6.45) is 3.23. The molecule has 0 atom stereocenters. The first-order valence-electron chi connectivity index (χ1n) is 12.6. The second-order valence-corrected chi connectivity index (χ2v) is 12.3. The number of hydrogen-bond donors (Lipinski definition) is 0. The van der Waals surface area contributed by atoms with Crippen molar-refractivity contribution in [2.75, 3.05) is 5.75 Å². The Hall–Kier alpha value is -4.45. The number of hydrogen-bond acceptors (Lipinski definition) is 9. The average Bonchev–Trinajstić information content (AvgIpc) is 3.42. The Bertz CT molecular complexity index is 2000. The molecular weight excluding hydrogens is 592 g/mol. The van der Waals surface area contributed by atoms with Crippen molar-refractivity contribution in [1.29, 1.82) is 0 Å². The van der Waals surface area contributed by atoms with E-state index in [1.165, 1.54) is 53.1 Å². The number of aromatic nitrogens is 2. The minimum Gasteiger partial charge on any atom is -0.293 e. The van der Waals surface area contributed by atoms with E-state index in [0.717, 1.165) is 14.6 Å². The van der Waals surface area contributed by atoms with Crippen molar-refractivity contribution in [2.24, 2.45) is 4.99 Å². The SMILES string of the molecule is O=C(CSc1nc2ccc(N=Cc3ccc(Sc4ccccn4)c([N+](=O)[O-])c3)cc2s1)c1ccc(F)c2ccccc12. The molecule has 6 aromatic rings. The number of fused-ring (bicyclic) bond motifs is 2. The summed E-state index contributed by atoms with van der Waals surface area (Å²) < 4.78 is 15.8. The van der Waals surface area contributed by atoms with Gasteiger partial charge in [-0.15, -0.1) is 11.3 Å². The summed E-state index contributed by atoms with van der Waals surface area (Å²) in [7, 11) is 0. The first-order chi connectivity index (χ1) is 20.4. The van der Waals surface area contributed by atoms with Gasteiger partial charge in [0.2, 0.25) is 0 Å².